The summed E-state index contributed by atoms with van der Waals surface area (Å²) < 4.78 is 47.4. The summed E-state index contributed by atoms with van der Waals surface area (Å²) in [5, 5.41) is 12.5. The highest BCUT2D eigenvalue weighted by atomic mass is 35.5. The Kier molecular flexibility index (Phi) is 35.6. The van der Waals surface area contributed by atoms with Crippen molar-refractivity contribution < 1.29 is 41.8 Å². The fraction of sp³-hybridized carbons (Fsp3) is 0.588. The van der Waals surface area contributed by atoms with Gasteiger partial charge in [0.25, 0.3) is 0 Å². The molecule has 0 unspecified atom stereocenters. The van der Waals surface area contributed by atoms with Crippen LogP contribution in [0.15, 0.2) is 97.1 Å². The number of nitrogens with zero attached hydrogens (tertiary/aromatic N) is 1. The fourth-order valence-corrected chi connectivity index (χ4v) is 10.3. The van der Waals surface area contributed by atoms with Crippen molar-refractivity contribution in [3.8, 4) is 0 Å². The van der Waals surface area contributed by atoms with Gasteiger partial charge in [0, 0.05) is 82.8 Å². The van der Waals surface area contributed by atoms with Crippen LogP contribution in [0.3, 0.4) is 0 Å². The van der Waals surface area contributed by atoms with Gasteiger partial charge in [-0.25, -0.2) is 0 Å². The molecule has 2 saturated heterocycles. The molecule has 0 aromatic heterocycles. The maximum absolute atomic E-state index is 12.5. The Balaban J connectivity index is 0.000000298. The van der Waals surface area contributed by atoms with Crippen LogP contribution in [0, 0.1) is 35.5 Å². The van der Waals surface area contributed by atoms with Crippen LogP contribution in [0.25, 0.3) is 0 Å². The van der Waals surface area contributed by atoms with Crippen LogP contribution in [-0.2, 0) is 54.3 Å². The van der Waals surface area contributed by atoms with Crippen LogP contribution in [0.1, 0.15) is 130 Å². The number of hydrogen-bond acceptors (Lipinski definition) is 10. The van der Waals surface area contributed by atoms with E-state index in [4.69, 9.17) is 55.9 Å². The Morgan fingerprint density at radius 2 is 0.776 bits per heavy atom. The Morgan fingerprint density at radius 3 is 1.09 bits per heavy atom. The molecular weight excluding hydrogens is 1170 g/mol. The molecule has 0 saturated carbocycles. The molecule has 4 aromatic rings. The third-order valence-corrected chi connectivity index (χ3v) is 16.4. The molecule has 85 heavy (non-hydrogen) atoms. The van der Waals surface area contributed by atoms with Gasteiger partial charge in [0.1, 0.15) is 0 Å². The smallest absolute Gasteiger partial charge is 0.381 e. The zero-order valence-electron chi connectivity index (χ0n) is 52.2. The number of benzene rings is 4. The SMILES string of the molecule is CC(C)C(=O)[C@@H](Cc1ccc(Cl)cc1)N(C)C(C)C.CC(C)C(=O)[C@@H](Cc1ccc(Cl)cc1)NCC1CCOCC1.CC(C)C(=O)[C@@H](Cc1ccc(Cl)cc1)NCCC(F)(F)F.CC(C)C(=O)[C@@H](Cc1ccc(Cl)cc1)NCCC1CCOCC1. The van der Waals surface area contributed by atoms with Crippen molar-refractivity contribution in [3.63, 3.8) is 0 Å². The van der Waals surface area contributed by atoms with Crippen molar-refractivity contribution >= 4 is 69.5 Å². The van der Waals surface area contributed by atoms with Gasteiger partial charge in [0.2, 0.25) is 0 Å². The summed E-state index contributed by atoms with van der Waals surface area (Å²) in [6, 6.07) is 29.7. The minimum absolute atomic E-state index is 0.0412. The Hall–Kier alpha value is -3.73. The van der Waals surface area contributed by atoms with Crippen LogP contribution in [0.5, 0.6) is 0 Å². The largest absolute Gasteiger partial charge is 0.390 e. The second kappa shape index (κ2) is 40.0. The number of ketones is 4. The summed E-state index contributed by atoms with van der Waals surface area (Å²) in [5.41, 5.74) is 4.30. The van der Waals surface area contributed by atoms with E-state index in [1.165, 1.54) is 0 Å². The average molecular weight is 1270 g/mol. The fourth-order valence-electron chi connectivity index (χ4n) is 9.77. The van der Waals surface area contributed by atoms with E-state index in [1.807, 2.05) is 121 Å². The number of nitrogens with one attached hydrogen (secondary N) is 3. The van der Waals surface area contributed by atoms with Crippen molar-refractivity contribution in [2.24, 2.45) is 35.5 Å². The van der Waals surface area contributed by atoms with Crippen LogP contribution in [0.2, 0.25) is 20.1 Å². The van der Waals surface area contributed by atoms with Crippen LogP contribution >= 0.6 is 46.4 Å². The minimum atomic E-state index is -4.22. The first-order valence-electron chi connectivity index (χ1n) is 30.4. The van der Waals surface area contributed by atoms with Gasteiger partial charge in [-0.2, -0.15) is 13.2 Å². The van der Waals surface area contributed by atoms with Crippen LogP contribution in [0.4, 0.5) is 13.2 Å². The van der Waals surface area contributed by atoms with E-state index in [1.54, 1.807) is 38.1 Å². The lowest BCUT2D eigenvalue weighted by Gasteiger charge is -2.31. The van der Waals surface area contributed by atoms with Crippen molar-refractivity contribution in [3.05, 3.63) is 139 Å². The molecule has 17 heteroatoms. The van der Waals surface area contributed by atoms with E-state index >= 15 is 0 Å². The number of carbonyl (C=O) groups excluding carboxylic acids is 4. The summed E-state index contributed by atoms with van der Waals surface area (Å²) >= 11 is 23.6. The van der Waals surface area contributed by atoms with Gasteiger partial charge in [-0.15, -0.1) is 0 Å². The maximum Gasteiger partial charge on any atom is 0.390 e. The second-order valence-corrected chi connectivity index (χ2v) is 25.8. The third-order valence-electron chi connectivity index (χ3n) is 15.4. The number of Topliss-reactive ketones (excluding diaryl/α,β-unsaturated/α-hetero) is 4. The molecular formula is C68H97Cl4F3N4O6. The lowest BCUT2D eigenvalue weighted by atomic mass is 9.94. The molecule has 2 aliphatic heterocycles. The van der Waals surface area contributed by atoms with Gasteiger partial charge >= 0.3 is 6.18 Å². The van der Waals surface area contributed by atoms with Gasteiger partial charge in [-0.05, 0) is 174 Å². The zero-order chi connectivity index (χ0) is 63.2. The van der Waals surface area contributed by atoms with E-state index in [0.29, 0.717) is 29.2 Å². The van der Waals surface area contributed by atoms with Crippen LogP contribution < -0.4 is 16.0 Å². The molecule has 0 bridgehead atoms. The predicted octanol–water partition coefficient (Wildman–Crippen LogP) is 15.2. The maximum atomic E-state index is 12.5. The molecule has 0 spiro atoms. The minimum Gasteiger partial charge on any atom is -0.381 e. The lowest BCUT2D eigenvalue weighted by molar-refractivity contribution is -0.135. The lowest BCUT2D eigenvalue weighted by Crippen LogP contribution is -2.45. The van der Waals surface area contributed by atoms with E-state index in [2.05, 4.69) is 34.7 Å². The van der Waals surface area contributed by atoms with Gasteiger partial charge in [0.15, 0.2) is 23.1 Å². The highest BCUT2D eigenvalue weighted by molar-refractivity contribution is 6.31. The summed E-state index contributed by atoms with van der Waals surface area (Å²) in [7, 11) is 2.02. The van der Waals surface area contributed by atoms with Gasteiger partial charge in [-0.1, -0.05) is 150 Å². The van der Waals surface area contributed by atoms with Gasteiger partial charge in [0.05, 0.1) is 30.6 Å². The first-order valence-corrected chi connectivity index (χ1v) is 31.9. The summed E-state index contributed by atoms with van der Waals surface area (Å²) in [6.07, 6.45) is 2.92. The molecule has 3 N–H and O–H groups in total. The van der Waals surface area contributed by atoms with E-state index < -0.39 is 18.6 Å². The Bertz CT molecular complexity index is 2520. The number of hydrogen-bond donors (Lipinski definition) is 3. The van der Waals surface area contributed by atoms with Crippen molar-refractivity contribution in [2.45, 2.75) is 170 Å². The number of ether oxygens (including phenoxy) is 2. The molecule has 6 rings (SSSR count). The molecule has 0 radical (unpaired) electrons. The highest BCUT2D eigenvalue weighted by Gasteiger charge is 2.30. The quantitative estimate of drug-likeness (QED) is 0.0506. The van der Waals surface area contributed by atoms with Crippen molar-refractivity contribution in [1.29, 1.82) is 0 Å². The van der Waals surface area contributed by atoms with Crippen LogP contribution in [-0.4, -0.2) is 118 Å². The molecule has 0 aliphatic carbocycles. The predicted molar refractivity (Wildman–Crippen MR) is 344 cm³/mol. The van der Waals surface area contributed by atoms with E-state index in [9.17, 15) is 32.3 Å². The first-order chi connectivity index (χ1) is 40.1. The number of alkyl halides is 3. The molecule has 474 valence electrons. The summed E-state index contributed by atoms with van der Waals surface area (Å²) in [6.45, 7) is 24.5. The topological polar surface area (TPSA) is 126 Å². The molecule has 2 aliphatic rings. The molecule has 10 nitrogen and oxygen atoms in total. The highest BCUT2D eigenvalue weighted by Crippen LogP contribution is 2.23. The molecule has 4 atom stereocenters. The molecule has 2 fully saturated rings. The standard InChI is InChI=1S/C19H28ClNO2.C18H26ClNO2.C16H24ClNO.C15H19ClF3NO/c1-14(2)19(22)18(13-16-3-5-17(20)6-4-16)21-10-7-15-8-11-23-12-9-15;1-13(2)18(21)17(11-14-3-5-16(19)6-4-14)20-12-15-7-9-22-10-8-15;1-11(2)16(19)15(18(5)12(3)4)10-13-6-8-14(17)9-7-13;1-10(2)14(21)13(20-8-7-15(17,18)19)9-11-3-5-12(16)6-4-11/h3-6,14-15,18,21H,7-13H2,1-2H3;3-6,13,15,17,20H,7-12H2,1-2H3;6-9,11-12,15H,10H2,1-5H3;3-6,10,13,20H,7-9H2,1-2H3/t18-;17-;15-;13-/m1111/s1. The normalized spacial score (nSPS) is 15.6. The summed E-state index contributed by atoms with van der Waals surface area (Å²) in [5.74, 6) is 2.01. The number of halogens is 7. The summed E-state index contributed by atoms with van der Waals surface area (Å²) in [4.78, 5) is 51.6. The van der Waals surface area contributed by atoms with E-state index in [-0.39, 0.29) is 65.7 Å². The van der Waals surface area contributed by atoms with Crippen molar-refractivity contribution in [1.82, 2.24) is 20.9 Å². The zero-order valence-corrected chi connectivity index (χ0v) is 55.2. The molecule has 4 aromatic carbocycles. The third kappa shape index (κ3) is 30.8. The Labute approximate surface area is 527 Å². The molecule has 2 heterocycles. The first kappa shape index (κ1) is 75.5. The Morgan fingerprint density at radius 1 is 0.471 bits per heavy atom. The number of rotatable bonds is 28. The van der Waals surface area contributed by atoms with Crippen molar-refractivity contribution in [2.75, 3.05) is 53.1 Å². The second-order valence-electron chi connectivity index (χ2n) is 24.1. The van der Waals surface area contributed by atoms with Gasteiger partial charge in [-0.3, -0.25) is 24.1 Å². The number of carbonyl (C=O) groups is 4. The number of likely N-dealkylation sites (N-methyl/N-ethyl adjacent to an activating group) is 1. The molecule has 0 amide bonds. The van der Waals surface area contributed by atoms with Gasteiger partial charge < -0.3 is 25.4 Å². The van der Waals surface area contributed by atoms with E-state index in [0.717, 1.165) is 134 Å². The monoisotopic (exact) mass is 1260 g/mol. The average Bonchev–Trinajstić information content (AvgIpc) is 3.49.